The van der Waals surface area contributed by atoms with Crippen LogP contribution in [-0.4, -0.2) is 53.1 Å². The minimum absolute atomic E-state index is 0.0785. The van der Waals surface area contributed by atoms with E-state index in [0.29, 0.717) is 36.1 Å². The molecule has 1 amide bonds. The molecule has 0 unspecified atom stereocenters. The maximum absolute atomic E-state index is 12.1. The quantitative estimate of drug-likeness (QED) is 0.723. The number of methoxy groups -OCH3 is 1. The van der Waals surface area contributed by atoms with E-state index in [9.17, 15) is 4.79 Å². The van der Waals surface area contributed by atoms with Crippen LogP contribution in [0.3, 0.4) is 0 Å². The Bertz CT molecular complexity index is 345. The first-order valence-corrected chi connectivity index (χ1v) is 6.14. The number of halogens is 1. The van der Waals surface area contributed by atoms with Crippen LogP contribution in [0.4, 0.5) is 0 Å². The number of alkyl halides is 1. The lowest BCUT2D eigenvalue weighted by Crippen LogP contribution is -2.35. The van der Waals surface area contributed by atoms with Gasteiger partial charge >= 0.3 is 0 Å². The van der Waals surface area contributed by atoms with E-state index in [0.717, 1.165) is 11.5 Å². The molecule has 0 fully saturated rings. The number of hydrogen-bond acceptors (Lipinski definition) is 5. The van der Waals surface area contributed by atoms with Crippen LogP contribution in [0.5, 0.6) is 0 Å². The fraction of sp³-hybridized carbons (Fsp3) is 0.667. The summed E-state index contributed by atoms with van der Waals surface area (Å²) >= 11 is 6.77. The van der Waals surface area contributed by atoms with E-state index in [4.69, 9.17) is 16.3 Å². The Hall–Kier alpha value is -0.720. The molecule has 5 nitrogen and oxygen atoms in total. The van der Waals surface area contributed by atoms with Crippen LogP contribution in [0.15, 0.2) is 0 Å². The van der Waals surface area contributed by atoms with Crippen LogP contribution in [0.1, 0.15) is 15.4 Å². The van der Waals surface area contributed by atoms with Gasteiger partial charge in [-0.15, -0.1) is 16.7 Å². The third-order valence-corrected chi connectivity index (χ3v) is 3.04. The highest BCUT2D eigenvalue weighted by Crippen LogP contribution is 2.12. The molecule has 90 valence electrons. The molecular formula is C9H14ClN3O2S. The number of aryl methyl sites for hydroxylation is 1. The SMILES string of the molecule is COCCN(CCCl)C(=O)c1snnc1C. The maximum Gasteiger partial charge on any atom is 0.267 e. The number of carbonyl (C=O) groups is 1. The van der Waals surface area contributed by atoms with Crippen LogP contribution >= 0.6 is 23.1 Å². The van der Waals surface area contributed by atoms with Crippen molar-refractivity contribution in [3.8, 4) is 0 Å². The average molecular weight is 264 g/mol. The van der Waals surface area contributed by atoms with Gasteiger partial charge in [0.05, 0.1) is 12.3 Å². The fourth-order valence-electron chi connectivity index (χ4n) is 1.19. The lowest BCUT2D eigenvalue weighted by molar-refractivity contribution is 0.0711. The summed E-state index contributed by atoms with van der Waals surface area (Å²) in [6, 6.07) is 0. The van der Waals surface area contributed by atoms with Gasteiger partial charge in [-0.05, 0) is 18.5 Å². The van der Waals surface area contributed by atoms with Crippen molar-refractivity contribution < 1.29 is 9.53 Å². The molecule has 1 aromatic heterocycles. The van der Waals surface area contributed by atoms with Gasteiger partial charge in [0.25, 0.3) is 5.91 Å². The van der Waals surface area contributed by atoms with Crippen LogP contribution in [-0.2, 0) is 4.74 Å². The first-order chi connectivity index (χ1) is 7.70. The predicted octanol–water partition coefficient (Wildman–Crippen LogP) is 1.17. The third kappa shape index (κ3) is 3.40. The summed E-state index contributed by atoms with van der Waals surface area (Å²) in [6.45, 7) is 3.29. The zero-order chi connectivity index (χ0) is 12.0. The monoisotopic (exact) mass is 263 g/mol. The van der Waals surface area contributed by atoms with Crippen molar-refractivity contribution in [2.24, 2.45) is 0 Å². The highest BCUT2D eigenvalue weighted by atomic mass is 35.5. The number of hydrogen-bond donors (Lipinski definition) is 0. The minimum atomic E-state index is -0.0785. The Morgan fingerprint density at radius 2 is 2.31 bits per heavy atom. The zero-order valence-electron chi connectivity index (χ0n) is 9.27. The van der Waals surface area contributed by atoms with Crippen molar-refractivity contribution in [3.05, 3.63) is 10.6 Å². The Balaban J connectivity index is 2.70. The second-order valence-corrected chi connectivity index (χ2v) is 4.29. The number of amides is 1. The summed E-state index contributed by atoms with van der Waals surface area (Å²) < 4.78 is 8.70. The van der Waals surface area contributed by atoms with Crippen LogP contribution in [0.25, 0.3) is 0 Å². The molecule has 0 aliphatic carbocycles. The lowest BCUT2D eigenvalue weighted by atomic mass is 10.3. The highest BCUT2D eigenvalue weighted by Gasteiger charge is 2.19. The Morgan fingerprint density at radius 3 is 2.81 bits per heavy atom. The van der Waals surface area contributed by atoms with E-state index in [1.165, 1.54) is 0 Å². The van der Waals surface area contributed by atoms with E-state index in [-0.39, 0.29) is 5.91 Å². The Labute approximate surface area is 104 Å². The second-order valence-electron chi connectivity index (χ2n) is 3.16. The summed E-state index contributed by atoms with van der Waals surface area (Å²) in [4.78, 5) is 14.3. The number of nitrogens with zero attached hydrogens (tertiary/aromatic N) is 3. The molecule has 0 atom stereocenters. The zero-order valence-corrected chi connectivity index (χ0v) is 10.8. The molecule has 1 rings (SSSR count). The van der Waals surface area contributed by atoms with Gasteiger partial charge in [0.15, 0.2) is 0 Å². The van der Waals surface area contributed by atoms with E-state index in [2.05, 4.69) is 9.59 Å². The lowest BCUT2D eigenvalue weighted by Gasteiger charge is -2.20. The van der Waals surface area contributed by atoms with Crippen molar-refractivity contribution in [3.63, 3.8) is 0 Å². The molecule has 0 spiro atoms. The highest BCUT2D eigenvalue weighted by molar-refractivity contribution is 7.07. The van der Waals surface area contributed by atoms with Gasteiger partial charge in [-0.3, -0.25) is 4.79 Å². The molecular weight excluding hydrogens is 250 g/mol. The van der Waals surface area contributed by atoms with Gasteiger partial charge in [-0.1, -0.05) is 4.49 Å². The third-order valence-electron chi connectivity index (χ3n) is 2.05. The molecule has 0 radical (unpaired) electrons. The maximum atomic E-state index is 12.1. The smallest absolute Gasteiger partial charge is 0.267 e. The molecule has 0 saturated heterocycles. The molecule has 0 aliphatic heterocycles. The van der Waals surface area contributed by atoms with Gasteiger partial charge < -0.3 is 9.64 Å². The number of aromatic nitrogens is 2. The molecule has 0 aromatic carbocycles. The molecule has 0 bridgehead atoms. The molecule has 16 heavy (non-hydrogen) atoms. The van der Waals surface area contributed by atoms with E-state index in [1.807, 2.05) is 0 Å². The standard InChI is InChI=1S/C9H14ClN3O2S/c1-7-8(16-12-11-7)9(14)13(4-3-10)5-6-15-2/h3-6H2,1-2H3. The van der Waals surface area contributed by atoms with Crippen molar-refractivity contribution >= 4 is 29.0 Å². The van der Waals surface area contributed by atoms with E-state index in [1.54, 1.807) is 18.9 Å². The van der Waals surface area contributed by atoms with Crippen LogP contribution in [0.2, 0.25) is 0 Å². The molecule has 0 aliphatic rings. The predicted molar refractivity (Wildman–Crippen MR) is 63.1 cm³/mol. The second kappa shape index (κ2) is 6.78. The van der Waals surface area contributed by atoms with Gasteiger partial charge in [-0.25, -0.2) is 0 Å². The van der Waals surface area contributed by atoms with Crippen molar-refractivity contribution in [2.75, 3.05) is 32.7 Å². The Kier molecular flexibility index (Phi) is 5.65. The van der Waals surface area contributed by atoms with Crippen LogP contribution in [0, 0.1) is 6.92 Å². The molecule has 0 saturated carbocycles. The van der Waals surface area contributed by atoms with E-state index < -0.39 is 0 Å². The van der Waals surface area contributed by atoms with Crippen molar-refractivity contribution in [1.29, 1.82) is 0 Å². The average Bonchev–Trinajstić information content (AvgIpc) is 2.69. The topological polar surface area (TPSA) is 55.3 Å². The normalized spacial score (nSPS) is 10.4. The first-order valence-electron chi connectivity index (χ1n) is 4.83. The summed E-state index contributed by atoms with van der Waals surface area (Å²) in [5, 5.41) is 3.82. The fourth-order valence-corrected chi connectivity index (χ4v) is 2.02. The first kappa shape index (κ1) is 13.3. The van der Waals surface area contributed by atoms with Gasteiger partial charge in [0.1, 0.15) is 4.88 Å². The number of carbonyl (C=O) groups excluding carboxylic acids is 1. The number of rotatable bonds is 6. The van der Waals surface area contributed by atoms with E-state index >= 15 is 0 Å². The number of ether oxygens (including phenoxy) is 1. The van der Waals surface area contributed by atoms with Crippen molar-refractivity contribution in [1.82, 2.24) is 14.5 Å². The largest absolute Gasteiger partial charge is 0.383 e. The van der Waals surface area contributed by atoms with Crippen LogP contribution < -0.4 is 0 Å². The molecule has 0 N–H and O–H groups in total. The van der Waals surface area contributed by atoms with Crippen molar-refractivity contribution in [2.45, 2.75) is 6.92 Å². The minimum Gasteiger partial charge on any atom is -0.383 e. The molecule has 1 heterocycles. The van der Waals surface area contributed by atoms with Gasteiger partial charge in [0.2, 0.25) is 0 Å². The van der Waals surface area contributed by atoms with Gasteiger partial charge in [-0.2, -0.15) is 0 Å². The molecule has 1 aromatic rings. The molecule has 7 heteroatoms. The van der Waals surface area contributed by atoms with Gasteiger partial charge in [0, 0.05) is 26.1 Å². The summed E-state index contributed by atoms with van der Waals surface area (Å²) in [5.74, 6) is 0.325. The summed E-state index contributed by atoms with van der Waals surface area (Å²) in [7, 11) is 1.60. The summed E-state index contributed by atoms with van der Waals surface area (Å²) in [6.07, 6.45) is 0. The summed E-state index contributed by atoms with van der Waals surface area (Å²) in [5.41, 5.74) is 0.659. The Morgan fingerprint density at radius 1 is 1.56 bits per heavy atom.